The van der Waals surface area contributed by atoms with Gasteiger partial charge in [-0.2, -0.15) is 0 Å². The molecule has 0 aliphatic heterocycles. The number of nitrogens with zero attached hydrogens (tertiary/aromatic N) is 2. The highest BCUT2D eigenvalue weighted by molar-refractivity contribution is 9.10. The first kappa shape index (κ1) is 28.4. The van der Waals surface area contributed by atoms with Crippen molar-refractivity contribution in [2.75, 3.05) is 10.8 Å². The average molecular weight is 587 g/mol. The zero-order valence-corrected chi connectivity index (χ0v) is 23.6. The third-order valence-corrected chi connectivity index (χ3v) is 8.41. The molecule has 0 radical (unpaired) electrons. The molecule has 7 nitrogen and oxygen atoms in total. The van der Waals surface area contributed by atoms with Gasteiger partial charge in [0.05, 0.1) is 10.6 Å². The van der Waals surface area contributed by atoms with Crippen LogP contribution in [-0.2, 0) is 26.2 Å². The first-order chi connectivity index (χ1) is 17.6. The average Bonchev–Trinajstić information content (AvgIpc) is 2.91. The smallest absolute Gasteiger partial charge is 0.264 e. The Labute approximate surface area is 227 Å². The highest BCUT2D eigenvalue weighted by Crippen LogP contribution is 2.24. The summed E-state index contributed by atoms with van der Waals surface area (Å²) in [5.74, 6) is -0.782. The Morgan fingerprint density at radius 1 is 0.892 bits per heavy atom. The zero-order chi connectivity index (χ0) is 27.0. The molecule has 0 aromatic heterocycles. The van der Waals surface area contributed by atoms with Crippen molar-refractivity contribution >= 4 is 43.5 Å². The zero-order valence-electron chi connectivity index (χ0n) is 21.2. The number of rotatable bonds is 11. The van der Waals surface area contributed by atoms with E-state index < -0.39 is 28.5 Å². The maximum Gasteiger partial charge on any atom is 0.264 e. The molecule has 0 saturated carbocycles. The highest BCUT2D eigenvalue weighted by atomic mass is 79.9. The van der Waals surface area contributed by atoms with Crippen LogP contribution in [0.2, 0.25) is 0 Å². The van der Waals surface area contributed by atoms with E-state index in [-0.39, 0.29) is 23.4 Å². The van der Waals surface area contributed by atoms with Crippen molar-refractivity contribution in [3.63, 3.8) is 0 Å². The van der Waals surface area contributed by atoms with Crippen molar-refractivity contribution in [2.45, 2.75) is 50.7 Å². The number of hydrogen-bond donors (Lipinski definition) is 1. The van der Waals surface area contributed by atoms with Crippen LogP contribution in [0.5, 0.6) is 0 Å². The molecule has 0 spiro atoms. The molecule has 2 amide bonds. The first-order valence-electron chi connectivity index (χ1n) is 12.1. The van der Waals surface area contributed by atoms with E-state index in [2.05, 4.69) is 21.2 Å². The summed E-state index contributed by atoms with van der Waals surface area (Å²) < 4.78 is 29.3. The van der Waals surface area contributed by atoms with Gasteiger partial charge < -0.3 is 10.2 Å². The van der Waals surface area contributed by atoms with Crippen molar-refractivity contribution in [2.24, 2.45) is 0 Å². The fourth-order valence-electron chi connectivity index (χ4n) is 3.68. The second kappa shape index (κ2) is 12.9. The lowest BCUT2D eigenvalue weighted by Gasteiger charge is -2.32. The van der Waals surface area contributed by atoms with E-state index in [1.807, 2.05) is 38.1 Å². The molecule has 196 valence electrons. The topological polar surface area (TPSA) is 86.8 Å². The van der Waals surface area contributed by atoms with Crippen LogP contribution in [0.15, 0.2) is 94.3 Å². The Hall–Kier alpha value is -3.17. The van der Waals surface area contributed by atoms with E-state index in [9.17, 15) is 18.0 Å². The number of nitrogens with one attached hydrogen (secondary N) is 1. The summed E-state index contributed by atoms with van der Waals surface area (Å²) in [6.45, 7) is 5.21. The van der Waals surface area contributed by atoms with E-state index in [4.69, 9.17) is 0 Å². The molecule has 0 aliphatic carbocycles. The number of para-hydroxylation sites is 1. The summed E-state index contributed by atoms with van der Waals surface area (Å²) in [5.41, 5.74) is 1.18. The van der Waals surface area contributed by atoms with Gasteiger partial charge in [0.25, 0.3) is 10.0 Å². The van der Waals surface area contributed by atoms with E-state index in [0.29, 0.717) is 5.69 Å². The van der Waals surface area contributed by atoms with Crippen LogP contribution >= 0.6 is 15.9 Å². The third kappa shape index (κ3) is 7.42. The van der Waals surface area contributed by atoms with Gasteiger partial charge in [-0.1, -0.05) is 71.4 Å². The molecule has 3 aromatic carbocycles. The molecule has 9 heteroatoms. The van der Waals surface area contributed by atoms with Gasteiger partial charge in [-0.15, -0.1) is 0 Å². The van der Waals surface area contributed by atoms with Gasteiger partial charge in [0.2, 0.25) is 11.8 Å². The lowest BCUT2D eigenvalue weighted by atomic mass is 10.1. The number of halogens is 1. The first-order valence-corrected chi connectivity index (χ1v) is 14.3. The highest BCUT2D eigenvalue weighted by Gasteiger charge is 2.32. The summed E-state index contributed by atoms with van der Waals surface area (Å²) in [7, 11) is -4.05. The molecule has 3 aromatic rings. The van der Waals surface area contributed by atoms with Crippen LogP contribution < -0.4 is 9.62 Å². The predicted octanol–water partition coefficient (Wildman–Crippen LogP) is 4.98. The largest absolute Gasteiger partial charge is 0.352 e. The van der Waals surface area contributed by atoms with Crippen molar-refractivity contribution in [1.29, 1.82) is 0 Å². The molecule has 0 bridgehead atoms. The lowest BCUT2D eigenvalue weighted by Crippen LogP contribution is -2.52. The monoisotopic (exact) mass is 585 g/mol. The van der Waals surface area contributed by atoms with E-state index in [1.54, 1.807) is 55.5 Å². The van der Waals surface area contributed by atoms with Gasteiger partial charge >= 0.3 is 0 Å². The maximum absolute atomic E-state index is 13.8. The van der Waals surface area contributed by atoms with Crippen LogP contribution in [0.3, 0.4) is 0 Å². The molecule has 3 rings (SSSR count). The molecule has 1 N–H and O–H groups in total. The number of carbonyl (C=O) groups excluding carboxylic acids is 2. The summed E-state index contributed by atoms with van der Waals surface area (Å²) in [4.78, 5) is 28.3. The van der Waals surface area contributed by atoms with Gasteiger partial charge in [0.1, 0.15) is 12.6 Å². The number of hydrogen-bond acceptors (Lipinski definition) is 4. The van der Waals surface area contributed by atoms with Gasteiger partial charge in [-0.25, -0.2) is 8.42 Å². The van der Waals surface area contributed by atoms with Crippen LogP contribution in [0, 0.1) is 0 Å². The molecule has 0 heterocycles. The van der Waals surface area contributed by atoms with Crippen LogP contribution in [0.1, 0.15) is 32.8 Å². The van der Waals surface area contributed by atoms with E-state index >= 15 is 0 Å². The van der Waals surface area contributed by atoms with Gasteiger partial charge in [0, 0.05) is 17.1 Å². The van der Waals surface area contributed by atoms with Gasteiger partial charge in [-0.05, 0) is 62.2 Å². The van der Waals surface area contributed by atoms with Gasteiger partial charge in [0.15, 0.2) is 0 Å². The molecular weight excluding hydrogens is 554 g/mol. The summed E-state index contributed by atoms with van der Waals surface area (Å²) >= 11 is 3.41. The molecular formula is C28H32BrN3O4S. The summed E-state index contributed by atoms with van der Waals surface area (Å²) in [5, 5.41) is 2.93. The Morgan fingerprint density at radius 3 is 2.03 bits per heavy atom. The van der Waals surface area contributed by atoms with Crippen molar-refractivity contribution in [3.8, 4) is 0 Å². The Morgan fingerprint density at radius 2 is 1.46 bits per heavy atom. The standard InChI is InChI=1S/C28H32BrN3O4S/c1-4-21(2)30-28(34)22(3)31(19-23-15-17-24(29)18-16-23)27(33)20-32(25-11-7-5-8-12-25)37(35,36)26-13-9-6-10-14-26/h5-18,21-22H,4,19-20H2,1-3H3,(H,30,34)/t21-,22-/m1/s1. The molecule has 2 atom stereocenters. The van der Waals surface area contributed by atoms with Crippen LogP contribution in [-0.4, -0.2) is 43.8 Å². The minimum atomic E-state index is -4.05. The van der Waals surface area contributed by atoms with E-state index in [0.717, 1.165) is 20.8 Å². The second-order valence-corrected chi connectivity index (χ2v) is 11.6. The quantitative estimate of drug-likeness (QED) is 0.344. The minimum absolute atomic E-state index is 0.0566. The van der Waals surface area contributed by atoms with Gasteiger partial charge in [-0.3, -0.25) is 13.9 Å². The number of amides is 2. The molecule has 0 unspecified atom stereocenters. The number of anilines is 1. The van der Waals surface area contributed by atoms with Crippen molar-refractivity contribution < 1.29 is 18.0 Å². The lowest BCUT2D eigenvalue weighted by molar-refractivity contribution is -0.139. The Kier molecular flexibility index (Phi) is 9.88. The summed E-state index contributed by atoms with van der Waals surface area (Å²) in [6, 6.07) is 23.1. The van der Waals surface area contributed by atoms with Crippen LogP contribution in [0.4, 0.5) is 5.69 Å². The van der Waals surface area contributed by atoms with Crippen molar-refractivity contribution in [3.05, 3.63) is 95.0 Å². The summed E-state index contributed by atoms with van der Waals surface area (Å²) in [6.07, 6.45) is 0.746. The van der Waals surface area contributed by atoms with Crippen LogP contribution in [0.25, 0.3) is 0 Å². The Bertz CT molecular complexity index is 1290. The number of carbonyl (C=O) groups is 2. The fourth-order valence-corrected chi connectivity index (χ4v) is 5.38. The maximum atomic E-state index is 13.8. The fraction of sp³-hybridized carbons (Fsp3) is 0.286. The molecule has 37 heavy (non-hydrogen) atoms. The molecule has 0 saturated heterocycles. The second-order valence-electron chi connectivity index (χ2n) is 8.80. The number of sulfonamides is 1. The van der Waals surface area contributed by atoms with Crippen molar-refractivity contribution in [1.82, 2.24) is 10.2 Å². The third-order valence-electron chi connectivity index (χ3n) is 6.09. The Balaban J connectivity index is 1.98. The SMILES string of the molecule is CC[C@@H](C)NC(=O)[C@@H](C)N(Cc1ccc(Br)cc1)C(=O)CN(c1ccccc1)S(=O)(=O)c1ccccc1. The predicted molar refractivity (Wildman–Crippen MR) is 149 cm³/mol. The normalized spacial score (nSPS) is 12.9. The minimum Gasteiger partial charge on any atom is -0.352 e. The molecule has 0 aliphatic rings. The number of benzene rings is 3. The van der Waals surface area contributed by atoms with E-state index in [1.165, 1.54) is 17.0 Å². The molecule has 0 fully saturated rings.